The molecule has 28 heavy (non-hydrogen) atoms. The Bertz CT molecular complexity index is 551. The van der Waals surface area contributed by atoms with Crippen LogP contribution in [0.3, 0.4) is 0 Å². The van der Waals surface area contributed by atoms with E-state index in [2.05, 4.69) is 0 Å². The summed E-state index contributed by atoms with van der Waals surface area (Å²) in [5, 5.41) is 78.3. The molecule has 2 aliphatic rings. The zero-order valence-corrected chi connectivity index (χ0v) is 15.0. The summed E-state index contributed by atoms with van der Waals surface area (Å²) < 4.78 is 15.0. The molecule has 0 aliphatic carbocycles. The maximum Gasteiger partial charge on any atom is 0.369 e. The smallest absolute Gasteiger partial charge is 0.369 e. The molecule has 0 aromatic heterocycles. The largest absolute Gasteiger partial charge is 0.429 e. The fourth-order valence-electron chi connectivity index (χ4n) is 3.05. The molecule has 2 aliphatic heterocycles. The molecule has 164 valence electrons. The lowest BCUT2D eigenvalue weighted by atomic mass is 9.89. The Balaban J connectivity index is 2.14. The molecule has 0 saturated carbocycles. The summed E-state index contributed by atoms with van der Waals surface area (Å²) in [5.41, 5.74) is 5.68. The van der Waals surface area contributed by atoms with Crippen LogP contribution in [-0.2, 0) is 19.0 Å². The van der Waals surface area contributed by atoms with E-state index in [4.69, 9.17) is 25.1 Å². The lowest BCUT2D eigenvalue weighted by molar-refractivity contribution is -0.322. The molecule has 0 aromatic rings. The maximum absolute atomic E-state index is 12.4. The Morgan fingerprint density at radius 1 is 1.21 bits per heavy atom. The molecule has 2 rings (SSSR count). The fraction of sp³-hybridized carbons (Fsp3) is 0.933. The molecule has 10 N–H and O–H groups in total. The highest BCUT2D eigenvalue weighted by atomic mass is 16.7. The van der Waals surface area contributed by atoms with Crippen LogP contribution in [0.2, 0.25) is 0 Å². The molecule has 0 aromatic carbocycles. The molecule has 13 heteroatoms. The van der Waals surface area contributed by atoms with Gasteiger partial charge in [0.1, 0.15) is 36.6 Å². The minimum atomic E-state index is -2.84. The van der Waals surface area contributed by atoms with Gasteiger partial charge in [-0.2, -0.15) is 0 Å². The van der Waals surface area contributed by atoms with Crippen molar-refractivity contribution >= 4 is 5.97 Å². The van der Waals surface area contributed by atoms with Crippen molar-refractivity contribution in [3.8, 4) is 0 Å². The molecule has 2 fully saturated rings. The summed E-state index contributed by atoms with van der Waals surface area (Å²) >= 11 is 0. The van der Waals surface area contributed by atoms with Gasteiger partial charge in [0.15, 0.2) is 0 Å². The zero-order valence-electron chi connectivity index (χ0n) is 15.0. The highest BCUT2D eigenvalue weighted by molar-refractivity contribution is 5.78. The predicted octanol–water partition coefficient (Wildman–Crippen LogP) is -5.76. The number of nitrogens with two attached hydrogens (primary N) is 1. The molecule has 11 atom stereocenters. The van der Waals surface area contributed by atoms with E-state index in [0.29, 0.717) is 0 Å². The van der Waals surface area contributed by atoms with E-state index in [1.807, 2.05) is 0 Å². The van der Waals surface area contributed by atoms with Crippen molar-refractivity contribution in [1.82, 2.24) is 0 Å². The molecule has 0 spiro atoms. The Hall–Kier alpha value is -0.970. The number of hydrogen-bond donors (Lipinski definition) is 9. The normalized spacial score (nSPS) is 46.6. The Kier molecular flexibility index (Phi) is 7.33. The first-order valence-corrected chi connectivity index (χ1v) is 8.64. The Morgan fingerprint density at radius 3 is 2.39 bits per heavy atom. The number of carbonyl (C=O) groups is 1. The predicted molar refractivity (Wildman–Crippen MR) is 86.0 cm³/mol. The van der Waals surface area contributed by atoms with Crippen LogP contribution in [-0.4, -0.2) is 120 Å². The molecule has 13 nitrogen and oxygen atoms in total. The number of hydrogen-bond acceptors (Lipinski definition) is 13. The number of rotatable bonds is 5. The highest BCUT2D eigenvalue weighted by Crippen LogP contribution is 2.32. The van der Waals surface area contributed by atoms with Gasteiger partial charge in [0.25, 0.3) is 5.79 Å². The summed E-state index contributed by atoms with van der Waals surface area (Å²) in [6.07, 6.45) is -15.4. The summed E-state index contributed by atoms with van der Waals surface area (Å²) in [7, 11) is 0. The van der Waals surface area contributed by atoms with Gasteiger partial charge in [0.2, 0.25) is 6.29 Å². The topological polar surface area (TPSA) is 233 Å². The van der Waals surface area contributed by atoms with Crippen molar-refractivity contribution in [2.45, 2.75) is 80.3 Å². The van der Waals surface area contributed by atoms with Crippen molar-refractivity contribution < 1.29 is 59.9 Å². The highest BCUT2D eigenvalue weighted by Gasteiger charge is 2.55. The lowest BCUT2D eigenvalue weighted by Crippen LogP contribution is -2.66. The average Bonchev–Trinajstić information content (AvgIpc) is 2.65. The lowest BCUT2D eigenvalue weighted by Gasteiger charge is -2.44. The molecular formula is C15H27NO12. The van der Waals surface area contributed by atoms with Crippen LogP contribution >= 0.6 is 0 Å². The average molecular weight is 413 g/mol. The number of aliphatic hydroxyl groups is 8. The number of esters is 1. The fourth-order valence-corrected chi connectivity index (χ4v) is 3.05. The van der Waals surface area contributed by atoms with Gasteiger partial charge in [-0.05, 0) is 6.92 Å². The van der Waals surface area contributed by atoms with Crippen LogP contribution in [0.25, 0.3) is 0 Å². The van der Waals surface area contributed by atoms with E-state index in [1.54, 1.807) is 0 Å². The van der Waals surface area contributed by atoms with Crippen LogP contribution in [0.15, 0.2) is 0 Å². The van der Waals surface area contributed by atoms with Crippen LogP contribution in [0.5, 0.6) is 0 Å². The Morgan fingerprint density at radius 2 is 1.82 bits per heavy atom. The molecule has 2 unspecified atom stereocenters. The number of carbonyl (C=O) groups excluding carboxylic acids is 1. The molecule has 0 bridgehead atoms. The van der Waals surface area contributed by atoms with Crippen molar-refractivity contribution in [3.05, 3.63) is 0 Å². The first kappa shape index (κ1) is 23.3. The SMILES string of the molecule is C[C@@H]1OC(OC(=O)C2(O)C[C@H](O)[C@@H](N)[C@H]([C@H](O)[C@H](O)CO)O2)[C@@H](O)[C@H](O)[C@@H]1O. The number of aliphatic hydroxyl groups excluding tert-OH is 7. The first-order valence-electron chi connectivity index (χ1n) is 8.64. The minimum Gasteiger partial charge on any atom is -0.429 e. The third kappa shape index (κ3) is 4.44. The van der Waals surface area contributed by atoms with Crippen LogP contribution in [0, 0.1) is 0 Å². The van der Waals surface area contributed by atoms with E-state index < -0.39 is 85.9 Å². The van der Waals surface area contributed by atoms with E-state index in [-0.39, 0.29) is 0 Å². The van der Waals surface area contributed by atoms with Crippen molar-refractivity contribution in [1.29, 1.82) is 0 Å². The standard InChI is InChI=1S/C15H27NO12/c1-4-8(20)10(22)11(23)13(26-4)27-14(24)15(25)2-5(18)7(16)12(28-15)9(21)6(19)3-17/h4-13,17-23,25H,2-3,16H2,1H3/t4-,5-,6+,7+,8+,9+,10+,11-,12+,13?,15?/m0/s1. The van der Waals surface area contributed by atoms with Gasteiger partial charge >= 0.3 is 5.97 Å². The third-order valence-electron chi connectivity index (χ3n) is 4.91. The van der Waals surface area contributed by atoms with Gasteiger partial charge < -0.3 is 60.8 Å². The Labute approximate surface area is 159 Å². The van der Waals surface area contributed by atoms with Crippen LogP contribution in [0.1, 0.15) is 13.3 Å². The van der Waals surface area contributed by atoms with Crippen molar-refractivity contribution in [3.63, 3.8) is 0 Å². The third-order valence-corrected chi connectivity index (χ3v) is 4.91. The monoisotopic (exact) mass is 413 g/mol. The van der Waals surface area contributed by atoms with Crippen LogP contribution in [0.4, 0.5) is 0 Å². The number of ether oxygens (including phenoxy) is 3. The van der Waals surface area contributed by atoms with E-state index in [9.17, 15) is 40.5 Å². The van der Waals surface area contributed by atoms with Gasteiger partial charge in [0, 0.05) is 6.42 Å². The van der Waals surface area contributed by atoms with E-state index in [1.165, 1.54) is 6.92 Å². The molecule has 0 radical (unpaired) electrons. The molecule has 0 amide bonds. The van der Waals surface area contributed by atoms with Crippen LogP contribution < -0.4 is 5.73 Å². The second-order valence-electron chi connectivity index (χ2n) is 7.04. The molecule has 2 heterocycles. The van der Waals surface area contributed by atoms with Gasteiger partial charge in [-0.3, -0.25) is 0 Å². The maximum atomic E-state index is 12.4. The second-order valence-corrected chi connectivity index (χ2v) is 7.04. The van der Waals surface area contributed by atoms with Crippen molar-refractivity contribution in [2.75, 3.05) is 6.61 Å². The molecular weight excluding hydrogens is 386 g/mol. The minimum absolute atomic E-state index is 0.769. The van der Waals surface area contributed by atoms with Gasteiger partial charge in [-0.1, -0.05) is 0 Å². The van der Waals surface area contributed by atoms with Gasteiger partial charge in [0.05, 0.1) is 24.9 Å². The summed E-state index contributed by atoms with van der Waals surface area (Å²) in [6.45, 7) is 0.463. The first-order chi connectivity index (χ1) is 12.9. The second kappa shape index (κ2) is 8.81. The quantitative estimate of drug-likeness (QED) is 0.191. The molecule has 2 saturated heterocycles. The van der Waals surface area contributed by atoms with E-state index >= 15 is 0 Å². The van der Waals surface area contributed by atoms with Gasteiger partial charge in [-0.15, -0.1) is 0 Å². The summed E-state index contributed by atoms with van der Waals surface area (Å²) in [6, 6.07) is -1.32. The summed E-state index contributed by atoms with van der Waals surface area (Å²) in [5.74, 6) is -4.38. The zero-order chi connectivity index (χ0) is 21.4. The van der Waals surface area contributed by atoms with Crippen molar-refractivity contribution in [2.24, 2.45) is 5.73 Å². The summed E-state index contributed by atoms with van der Waals surface area (Å²) in [4.78, 5) is 12.4. The van der Waals surface area contributed by atoms with E-state index in [0.717, 1.165) is 0 Å². The van der Waals surface area contributed by atoms with Gasteiger partial charge in [-0.25, -0.2) is 4.79 Å².